The van der Waals surface area contributed by atoms with Gasteiger partial charge in [-0.1, -0.05) is 29.8 Å². The standard InChI is InChI=1S/C7H7Cl.C7H6O3/c1-6-4-2-3-5-7(6)8;8-6-3-1-5(2-4-6)7(9)10/h2-5H,1H3;1-4,8H,(H,9,10). The van der Waals surface area contributed by atoms with Crippen LogP contribution < -0.4 is 0 Å². The molecule has 0 heterocycles. The maximum absolute atomic E-state index is 10.2. The van der Waals surface area contributed by atoms with Crippen LogP contribution in [-0.4, -0.2) is 16.2 Å². The predicted octanol–water partition coefficient (Wildman–Crippen LogP) is 3.74. The van der Waals surface area contributed by atoms with Crippen LogP contribution in [0.3, 0.4) is 0 Å². The van der Waals surface area contributed by atoms with Gasteiger partial charge in [-0.3, -0.25) is 0 Å². The number of carboxylic acids is 1. The quantitative estimate of drug-likeness (QED) is 0.825. The molecule has 0 fully saturated rings. The smallest absolute Gasteiger partial charge is 0.335 e. The minimum absolute atomic E-state index is 0.0741. The molecular formula is C14H13ClO3. The van der Waals surface area contributed by atoms with E-state index >= 15 is 0 Å². The zero-order valence-electron chi connectivity index (χ0n) is 9.80. The molecule has 18 heavy (non-hydrogen) atoms. The molecule has 0 aromatic heterocycles. The monoisotopic (exact) mass is 264 g/mol. The third-order valence-electron chi connectivity index (χ3n) is 2.19. The maximum atomic E-state index is 10.2. The minimum atomic E-state index is -0.986. The minimum Gasteiger partial charge on any atom is -0.508 e. The van der Waals surface area contributed by atoms with Crippen LogP contribution in [0.2, 0.25) is 5.02 Å². The number of halogens is 1. The average Bonchev–Trinajstić information content (AvgIpc) is 2.34. The fourth-order valence-corrected chi connectivity index (χ4v) is 1.29. The molecule has 0 amide bonds. The van der Waals surface area contributed by atoms with Crippen LogP contribution >= 0.6 is 11.6 Å². The molecule has 0 saturated heterocycles. The van der Waals surface area contributed by atoms with E-state index in [1.54, 1.807) is 0 Å². The Hall–Kier alpha value is -2.00. The molecule has 0 aliphatic heterocycles. The first-order valence-corrected chi connectivity index (χ1v) is 5.62. The molecule has 4 heteroatoms. The Balaban J connectivity index is 0.000000184. The third-order valence-corrected chi connectivity index (χ3v) is 2.61. The van der Waals surface area contributed by atoms with Crippen molar-refractivity contribution in [3.63, 3.8) is 0 Å². The predicted molar refractivity (Wildman–Crippen MR) is 71.3 cm³/mol. The number of hydrogen-bond donors (Lipinski definition) is 2. The van der Waals surface area contributed by atoms with Crippen molar-refractivity contribution in [2.75, 3.05) is 0 Å². The Kier molecular flexibility index (Phi) is 5.21. The van der Waals surface area contributed by atoms with Gasteiger partial charge < -0.3 is 10.2 Å². The Bertz CT molecular complexity index is 500. The van der Waals surface area contributed by atoms with Gasteiger partial charge in [-0.05, 0) is 42.8 Å². The molecule has 0 bridgehead atoms. The lowest BCUT2D eigenvalue weighted by molar-refractivity contribution is 0.0697. The van der Waals surface area contributed by atoms with Crippen LogP contribution in [0.1, 0.15) is 15.9 Å². The number of carbonyl (C=O) groups is 1. The van der Waals surface area contributed by atoms with E-state index in [1.807, 2.05) is 31.2 Å². The van der Waals surface area contributed by atoms with E-state index in [1.165, 1.54) is 24.3 Å². The van der Waals surface area contributed by atoms with Crippen molar-refractivity contribution >= 4 is 17.6 Å². The number of carboxylic acid groups (broad SMARTS) is 1. The normalized spacial score (nSPS) is 9.22. The van der Waals surface area contributed by atoms with Crippen LogP contribution in [0, 0.1) is 6.92 Å². The number of rotatable bonds is 1. The first kappa shape index (κ1) is 14.1. The lowest BCUT2D eigenvalue weighted by atomic mass is 10.2. The van der Waals surface area contributed by atoms with Gasteiger partial charge in [0.1, 0.15) is 5.75 Å². The molecular weight excluding hydrogens is 252 g/mol. The summed E-state index contributed by atoms with van der Waals surface area (Å²) >= 11 is 5.71. The summed E-state index contributed by atoms with van der Waals surface area (Å²) in [6, 6.07) is 13.1. The SMILES string of the molecule is Cc1ccccc1Cl.O=C(O)c1ccc(O)cc1. The number of phenolic OH excluding ortho intramolecular Hbond substituents is 1. The van der Waals surface area contributed by atoms with Crippen LogP contribution in [0.5, 0.6) is 5.75 Å². The molecule has 2 aromatic rings. The summed E-state index contributed by atoms with van der Waals surface area (Å²) in [6.45, 7) is 1.99. The number of benzene rings is 2. The van der Waals surface area contributed by atoms with E-state index in [-0.39, 0.29) is 11.3 Å². The van der Waals surface area contributed by atoms with Crippen LogP contribution in [0.25, 0.3) is 0 Å². The zero-order valence-corrected chi connectivity index (χ0v) is 10.6. The first-order chi connectivity index (χ1) is 8.50. The van der Waals surface area contributed by atoms with Gasteiger partial charge in [0.15, 0.2) is 0 Å². The number of aromatic hydroxyl groups is 1. The van der Waals surface area contributed by atoms with E-state index in [9.17, 15) is 4.79 Å². The van der Waals surface area contributed by atoms with Crippen molar-refractivity contribution in [1.29, 1.82) is 0 Å². The Morgan fingerprint density at radius 1 is 1.06 bits per heavy atom. The Labute approximate surface area is 110 Å². The Morgan fingerprint density at radius 3 is 2.00 bits per heavy atom. The van der Waals surface area contributed by atoms with Crippen molar-refractivity contribution < 1.29 is 15.0 Å². The topological polar surface area (TPSA) is 57.5 Å². The van der Waals surface area contributed by atoms with Gasteiger partial charge in [0, 0.05) is 5.02 Å². The van der Waals surface area contributed by atoms with E-state index in [2.05, 4.69) is 0 Å². The van der Waals surface area contributed by atoms with Gasteiger partial charge in [0.25, 0.3) is 0 Å². The second-order valence-electron chi connectivity index (χ2n) is 3.60. The highest BCUT2D eigenvalue weighted by Crippen LogP contribution is 2.12. The van der Waals surface area contributed by atoms with Gasteiger partial charge in [-0.25, -0.2) is 4.79 Å². The van der Waals surface area contributed by atoms with Crippen molar-refractivity contribution in [3.8, 4) is 5.75 Å². The van der Waals surface area contributed by atoms with Gasteiger partial charge in [0.05, 0.1) is 5.56 Å². The zero-order chi connectivity index (χ0) is 13.5. The molecule has 0 saturated carbocycles. The van der Waals surface area contributed by atoms with Gasteiger partial charge in [-0.2, -0.15) is 0 Å². The molecule has 2 aromatic carbocycles. The number of phenols is 1. The number of aromatic carboxylic acids is 1. The third kappa shape index (κ3) is 4.47. The highest BCUT2D eigenvalue weighted by molar-refractivity contribution is 6.31. The van der Waals surface area contributed by atoms with Gasteiger partial charge >= 0.3 is 5.97 Å². The number of aryl methyl sites for hydroxylation is 1. The highest BCUT2D eigenvalue weighted by atomic mass is 35.5. The van der Waals surface area contributed by atoms with Crippen molar-refractivity contribution in [1.82, 2.24) is 0 Å². The molecule has 0 radical (unpaired) electrons. The van der Waals surface area contributed by atoms with Crippen molar-refractivity contribution in [3.05, 3.63) is 64.7 Å². The summed E-state index contributed by atoms with van der Waals surface area (Å²) in [5.74, 6) is -0.912. The first-order valence-electron chi connectivity index (χ1n) is 5.24. The largest absolute Gasteiger partial charge is 0.508 e. The second-order valence-corrected chi connectivity index (χ2v) is 4.01. The molecule has 2 rings (SSSR count). The summed E-state index contributed by atoms with van der Waals surface area (Å²) < 4.78 is 0. The molecule has 94 valence electrons. The fourth-order valence-electron chi connectivity index (χ4n) is 1.15. The molecule has 0 spiro atoms. The Morgan fingerprint density at radius 2 is 1.61 bits per heavy atom. The second kappa shape index (κ2) is 6.67. The average molecular weight is 265 g/mol. The lowest BCUT2D eigenvalue weighted by Gasteiger charge is -1.92. The molecule has 0 aliphatic carbocycles. The van der Waals surface area contributed by atoms with Crippen molar-refractivity contribution in [2.24, 2.45) is 0 Å². The van der Waals surface area contributed by atoms with E-state index in [0.717, 1.165) is 10.6 Å². The van der Waals surface area contributed by atoms with E-state index < -0.39 is 5.97 Å². The lowest BCUT2D eigenvalue weighted by Crippen LogP contribution is -1.93. The molecule has 0 unspecified atom stereocenters. The summed E-state index contributed by atoms with van der Waals surface area (Å²) in [6.07, 6.45) is 0. The summed E-state index contributed by atoms with van der Waals surface area (Å²) in [7, 11) is 0. The van der Waals surface area contributed by atoms with Gasteiger partial charge in [-0.15, -0.1) is 0 Å². The number of hydrogen-bond acceptors (Lipinski definition) is 2. The highest BCUT2D eigenvalue weighted by Gasteiger charge is 1.99. The molecule has 3 nitrogen and oxygen atoms in total. The summed E-state index contributed by atoms with van der Waals surface area (Å²) in [5, 5.41) is 18.0. The fraction of sp³-hybridized carbons (Fsp3) is 0.0714. The molecule has 2 N–H and O–H groups in total. The molecule has 0 atom stereocenters. The summed E-state index contributed by atoms with van der Waals surface area (Å²) in [5.41, 5.74) is 1.31. The van der Waals surface area contributed by atoms with E-state index in [4.69, 9.17) is 21.8 Å². The molecule has 0 aliphatic rings. The van der Waals surface area contributed by atoms with Crippen LogP contribution in [0.15, 0.2) is 48.5 Å². The van der Waals surface area contributed by atoms with Crippen LogP contribution in [0.4, 0.5) is 0 Å². The summed E-state index contributed by atoms with van der Waals surface area (Å²) in [4.78, 5) is 10.2. The van der Waals surface area contributed by atoms with Gasteiger partial charge in [0.2, 0.25) is 0 Å². The van der Waals surface area contributed by atoms with E-state index in [0.29, 0.717) is 0 Å². The van der Waals surface area contributed by atoms with Crippen molar-refractivity contribution in [2.45, 2.75) is 6.92 Å². The maximum Gasteiger partial charge on any atom is 0.335 e. The van der Waals surface area contributed by atoms with Crippen LogP contribution in [-0.2, 0) is 0 Å².